The minimum atomic E-state index is -0.206. The van der Waals surface area contributed by atoms with Crippen molar-refractivity contribution in [2.45, 2.75) is 45.7 Å². The van der Waals surface area contributed by atoms with Crippen LogP contribution in [0.5, 0.6) is 11.5 Å². The van der Waals surface area contributed by atoms with Crippen molar-refractivity contribution in [1.29, 1.82) is 0 Å². The summed E-state index contributed by atoms with van der Waals surface area (Å²) in [6, 6.07) is 5.52. The van der Waals surface area contributed by atoms with Gasteiger partial charge in [-0.3, -0.25) is 9.69 Å². The highest BCUT2D eigenvalue weighted by Crippen LogP contribution is 2.33. The highest BCUT2D eigenvalue weighted by molar-refractivity contribution is 5.94. The SMILES string of the molecule is CC(C(=O)Nc1ccc2c(c1)OCCCO2)N1CCC(N)C(C)(C)C1. The molecule has 6 nitrogen and oxygen atoms in total. The summed E-state index contributed by atoms with van der Waals surface area (Å²) >= 11 is 0. The Morgan fingerprint density at radius 3 is 2.76 bits per heavy atom. The number of anilines is 1. The number of hydrogen-bond donors (Lipinski definition) is 2. The Morgan fingerprint density at radius 1 is 1.32 bits per heavy atom. The molecule has 0 bridgehead atoms. The van der Waals surface area contributed by atoms with Gasteiger partial charge in [-0.2, -0.15) is 0 Å². The normalized spacial score (nSPS) is 24.2. The molecule has 2 aliphatic rings. The van der Waals surface area contributed by atoms with Gasteiger partial charge in [-0.25, -0.2) is 0 Å². The lowest BCUT2D eigenvalue weighted by Gasteiger charge is -2.44. The second-order valence-electron chi connectivity index (χ2n) is 7.73. The van der Waals surface area contributed by atoms with Crippen molar-refractivity contribution in [3.63, 3.8) is 0 Å². The summed E-state index contributed by atoms with van der Waals surface area (Å²) in [5.74, 6) is 1.41. The van der Waals surface area contributed by atoms with Crippen LogP contribution in [0.2, 0.25) is 0 Å². The van der Waals surface area contributed by atoms with Crippen LogP contribution < -0.4 is 20.5 Å². The Labute approximate surface area is 149 Å². The summed E-state index contributed by atoms with van der Waals surface area (Å²) in [5, 5.41) is 3.00. The van der Waals surface area contributed by atoms with E-state index in [2.05, 4.69) is 24.1 Å². The third-order valence-electron chi connectivity index (χ3n) is 5.28. The first-order valence-corrected chi connectivity index (χ1v) is 9.07. The zero-order valence-corrected chi connectivity index (χ0v) is 15.4. The highest BCUT2D eigenvalue weighted by Gasteiger charge is 2.36. The average molecular weight is 347 g/mol. The van der Waals surface area contributed by atoms with Gasteiger partial charge in [-0.1, -0.05) is 13.8 Å². The van der Waals surface area contributed by atoms with Crippen LogP contribution in [0.15, 0.2) is 18.2 Å². The molecule has 1 amide bonds. The molecular weight excluding hydrogens is 318 g/mol. The molecule has 1 aromatic carbocycles. The van der Waals surface area contributed by atoms with Crippen molar-refractivity contribution in [2.24, 2.45) is 11.1 Å². The maximum atomic E-state index is 12.7. The zero-order valence-electron chi connectivity index (χ0n) is 15.4. The van der Waals surface area contributed by atoms with Crippen LogP contribution in [0.1, 0.15) is 33.6 Å². The molecule has 2 aliphatic heterocycles. The molecule has 3 N–H and O–H groups in total. The number of carbonyl (C=O) groups excluding carboxylic acids is 1. The number of benzene rings is 1. The Balaban J connectivity index is 1.65. The summed E-state index contributed by atoms with van der Waals surface area (Å²) in [6.45, 7) is 9.23. The Morgan fingerprint density at radius 2 is 2.04 bits per heavy atom. The van der Waals surface area contributed by atoms with Crippen LogP contribution in [-0.2, 0) is 4.79 Å². The third kappa shape index (κ3) is 4.07. The van der Waals surface area contributed by atoms with E-state index in [1.807, 2.05) is 25.1 Å². The van der Waals surface area contributed by atoms with E-state index in [0.29, 0.717) is 19.0 Å². The molecule has 0 saturated carbocycles. The van der Waals surface area contributed by atoms with E-state index in [1.54, 1.807) is 0 Å². The molecule has 0 aliphatic carbocycles. The van der Waals surface area contributed by atoms with Crippen molar-refractivity contribution < 1.29 is 14.3 Å². The van der Waals surface area contributed by atoms with E-state index in [1.165, 1.54) is 0 Å². The summed E-state index contributed by atoms with van der Waals surface area (Å²) in [7, 11) is 0. The first kappa shape index (κ1) is 18.0. The molecule has 0 spiro atoms. The predicted octanol–water partition coefficient (Wildman–Crippen LogP) is 2.23. The lowest BCUT2D eigenvalue weighted by Crippen LogP contribution is -2.56. The lowest BCUT2D eigenvalue weighted by molar-refractivity contribution is -0.122. The van der Waals surface area contributed by atoms with Crippen LogP contribution in [0.3, 0.4) is 0 Å². The van der Waals surface area contributed by atoms with Gasteiger partial charge in [0.2, 0.25) is 5.91 Å². The van der Waals surface area contributed by atoms with Gasteiger partial charge in [0.1, 0.15) is 0 Å². The number of fused-ring (bicyclic) bond motifs is 1. The highest BCUT2D eigenvalue weighted by atomic mass is 16.5. The number of piperidine rings is 1. The third-order valence-corrected chi connectivity index (χ3v) is 5.28. The van der Waals surface area contributed by atoms with Gasteiger partial charge in [-0.05, 0) is 30.9 Å². The summed E-state index contributed by atoms with van der Waals surface area (Å²) < 4.78 is 11.3. The summed E-state index contributed by atoms with van der Waals surface area (Å²) in [5.41, 5.74) is 6.95. The molecular formula is C19H29N3O3. The molecule has 138 valence electrons. The topological polar surface area (TPSA) is 76.8 Å². The summed E-state index contributed by atoms with van der Waals surface area (Å²) in [6.07, 6.45) is 1.77. The second-order valence-corrected chi connectivity index (χ2v) is 7.73. The van der Waals surface area contributed by atoms with Crippen molar-refractivity contribution >= 4 is 11.6 Å². The van der Waals surface area contributed by atoms with E-state index in [-0.39, 0.29) is 23.4 Å². The number of ether oxygens (including phenoxy) is 2. The van der Waals surface area contributed by atoms with Gasteiger partial charge in [0.15, 0.2) is 11.5 Å². The maximum Gasteiger partial charge on any atom is 0.241 e. The van der Waals surface area contributed by atoms with E-state index in [0.717, 1.165) is 37.4 Å². The molecule has 2 heterocycles. The monoisotopic (exact) mass is 347 g/mol. The molecule has 0 aromatic heterocycles. The number of amides is 1. The zero-order chi connectivity index (χ0) is 18.0. The Bertz CT molecular complexity index is 632. The molecule has 3 rings (SSSR count). The predicted molar refractivity (Wildman–Crippen MR) is 98.1 cm³/mol. The average Bonchev–Trinajstić information content (AvgIpc) is 2.81. The van der Waals surface area contributed by atoms with Crippen LogP contribution >= 0.6 is 0 Å². The Hall–Kier alpha value is -1.79. The minimum Gasteiger partial charge on any atom is -0.490 e. The number of nitrogens with two attached hydrogens (primary N) is 1. The van der Waals surface area contributed by atoms with Crippen LogP contribution in [0.4, 0.5) is 5.69 Å². The van der Waals surface area contributed by atoms with Crippen molar-refractivity contribution in [1.82, 2.24) is 4.90 Å². The van der Waals surface area contributed by atoms with Crippen molar-refractivity contribution in [3.05, 3.63) is 18.2 Å². The maximum absolute atomic E-state index is 12.7. The minimum absolute atomic E-state index is 0.0132. The fourth-order valence-electron chi connectivity index (χ4n) is 3.40. The molecule has 6 heteroatoms. The molecule has 1 saturated heterocycles. The first-order chi connectivity index (χ1) is 11.9. The first-order valence-electron chi connectivity index (χ1n) is 9.07. The fraction of sp³-hybridized carbons (Fsp3) is 0.632. The van der Waals surface area contributed by atoms with Gasteiger partial charge < -0.3 is 20.5 Å². The fourth-order valence-corrected chi connectivity index (χ4v) is 3.40. The number of nitrogens with zero attached hydrogens (tertiary/aromatic N) is 1. The number of hydrogen-bond acceptors (Lipinski definition) is 5. The van der Waals surface area contributed by atoms with Gasteiger partial charge in [0.05, 0.1) is 19.3 Å². The summed E-state index contributed by atoms with van der Waals surface area (Å²) in [4.78, 5) is 14.9. The van der Waals surface area contributed by atoms with E-state index < -0.39 is 0 Å². The molecule has 1 fully saturated rings. The smallest absolute Gasteiger partial charge is 0.241 e. The Kier molecular flexibility index (Phi) is 5.20. The van der Waals surface area contributed by atoms with Gasteiger partial charge in [-0.15, -0.1) is 0 Å². The van der Waals surface area contributed by atoms with Crippen LogP contribution in [0, 0.1) is 5.41 Å². The van der Waals surface area contributed by atoms with Gasteiger partial charge >= 0.3 is 0 Å². The van der Waals surface area contributed by atoms with Gasteiger partial charge in [0, 0.05) is 37.3 Å². The number of carbonyl (C=O) groups is 1. The number of likely N-dealkylation sites (tertiary alicyclic amines) is 1. The van der Waals surface area contributed by atoms with Gasteiger partial charge in [0.25, 0.3) is 0 Å². The number of nitrogens with one attached hydrogen (secondary N) is 1. The molecule has 25 heavy (non-hydrogen) atoms. The standard InChI is InChI=1S/C19H29N3O3/c1-13(22-8-7-17(20)19(2,3)12-22)18(23)21-14-5-6-15-16(11-14)25-10-4-9-24-15/h5-6,11,13,17H,4,7-10,12,20H2,1-3H3,(H,21,23). The van der Waals surface area contributed by atoms with Crippen molar-refractivity contribution in [3.8, 4) is 11.5 Å². The van der Waals surface area contributed by atoms with E-state index >= 15 is 0 Å². The van der Waals surface area contributed by atoms with E-state index in [9.17, 15) is 4.79 Å². The van der Waals surface area contributed by atoms with Crippen molar-refractivity contribution in [2.75, 3.05) is 31.6 Å². The second kappa shape index (κ2) is 7.22. The molecule has 2 atom stereocenters. The quantitative estimate of drug-likeness (QED) is 0.877. The van der Waals surface area contributed by atoms with Crippen LogP contribution in [0.25, 0.3) is 0 Å². The van der Waals surface area contributed by atoms with Crippen LogP contribution in [-0.4, -0.2) is 49.2 Å². The number of rotatable bonds is 3. The molecule has 2 unspecified atom stereocenters. The van der Waals surface area contributed by atoms with E-state index in [4.69, 9.17) is 15.2 Å². The largest absolute Gasteiger partial charge is 0.490 e. The lowest BCUT2D eigenvalue weighted by atomic mass is 9.79. The molecule has 1 aromatic rings. The molecule has 0 radical (unpaired) electrons.